The van der Waals surface area contributed by atoms with Crippen LogP contribution in [-0.2, 0) is 16.6 Å². The van der Waals surface area contributed by atoms with Gasteiger partial charge in [-0.25, -0.2) is 9.52 Å². The second-order valence-corrected chi connectivity index (χ2v) is 9.50. The molecule has 2 aromatic carbocycles. The number of benzene rings is 2. The van der Waals surface area contributed by atoms with Crippen LogP contribution in [0.1, 0.15) is 25.3 Å². The van der Waals surface area contributed by atoms with E-state index >= 15 is 0 Å². The Morgan fingerprint density at radius 2 is 1.93 bits per heavy atom. The standard InChI is InChI=1S/C22H28N4O3S/c1-2-23-21(27)26-13-7-12-22(16-24-30(28,29)25-22)20(26)15-17-8-6-11-19(14-17)18-9-4-3-5-10-18/h3-6,8-11,14,20,24-25H,2,7,12-13,15-16H2,1H3,(H,23,27)/t20-,22+/m0/s1. The fourth-order valence-corrected chi connectivity index (χ4v) is 5.97. The predicted molar refractivity (Wildman–Crippen MR) is 117 cm³/mol. The smallest absolute Gasteiger partial charge is 0.317 e. The van der Waals surface area contributed by atoms with Crippen molar-refractivity contribution in [2.75, 3.05) is 19.6 Å². The number of amides is 2. The van der Waals surface area contributed by atoms with E-state index in [2.05, 4.69) is 39.0 Å². The lowest BCUT2D eigenvalue weighted by molar-refractivity contribution is 0.0909. The average molecular weight is 429 g/mol. The third-order valence-electron chi connectivity index (χ3n) is 6.00. The fourth-order valence-electron chi connectivity index (χ4n) is 4.61. The predicted octanol–water partition coefficient (Wildman–Crippen LogP) is 2.27. The Morgan fingerprint density at radius 3 is 2.63 bits per heavy atom. The average Bonchev–Trinajstić information content (AvgIpc) is 3.05. The van der Waals surface area contributed by atoms with Gasteiger partial charge in [0.15, 0.2) is 0 Å². The molecule has 0 saturated carbocycles. The maximum atomic E-state index is 12.8. The number of likely N-dealkylation sites (tertiary alicyclic amines) is 1. The molecule has 2 amide bonds. The zero-order valence-electron chi connectivity index (χ0n) is 17.1. The number of rotatable bonds is 4. The van der Waals surface area contributed by atoms with Gasteiger partial charge < -0.3 is 10.2 Å². The van der Waals surface area contributed by atoms with Crippen LogP contribution in [0.2, 0.25) is 0 Å². The highest BCUT2D eigenvalue weighted by Crippen LogP contribution is 2.34. The van der Waals surface area contributed by atoms with E-state index in [1.165, 1.54) is 0 Å². The van der Waals surface area contributed by atoms with Gasteiger partial charge >= 0.3 is 6.03 Å². The van der Waals surface area contributed by atoms with Crippen LogP contribution in [0, 0.1) is 0 Å². The molecule has 8 heteroatoms. The number of urea groups is 1. The highest BCUT2D eigenvalue weighted by Gasteiger charge is 2.52. The molecule has 7 nitrogen and oxygen atoms in total. The van der Waals surface area contributed by atoms with E-state index in [1.54, 1.807) is 4.90 Å². The number of nitrogens with zero attached hydrogens (tertiary/aromatic N) is 1. The molecule has 2 saturated heterocycles. The highest BCUT2D eigenvalue weighted by atomic mass is 32.2. The van der Waals surface area contributed by atoms with Gasteiger partial charge in [0.05, 0.1) is 11.6 Å². The number of hydrogen-bond donors (Lipinski definition) is 3. The first-order valence-corrected chi connectivity index (χ1v) is 11.9. The third-order valence-corrected chi connectivity index (χ3v) is 7.20. The monoisotopic (exact) mass is 428 g/mol. The van der Waals surface area contributed by atoms with Crippen LogP contribution >= 0.6 is 0 Å². The zero-order valence-corrected chi connectivity index (χ0v) is 17.9. The lowest BCUT2D eigenvalue weighted by Gasteiger charge is -2.47. The molecule has 160 valence electrons. The minimum atomic E-state index is -3.55. The van der Waals surface area contributed by atoms with Gasteiger partial charge in [-0.3, -0.25) is 0 Å². The van der Waals surface area contributed by atoms with Crippen LogP contribution in [0.4, 0.5) is 4.79 Å². The quantitative estimate of drug-likeness (QED) is 0.698. The molecular formula is C22H28N4O3S. The molecule has 1 spiro atoms. The summed E-state index contributed by atoms with van der Waals surface area (Å²) in [7, 11) is -3.55. The van der Waals surface area contributed by atoms with Crippen LogP contribution in [0.15, 0.2) is 54.6 Å². The minimum absolute atomic E-state index is 0.146. The maximum Gasteiger partial charge on any atom is 0.317 e. The van der Waals surface area contributed by atoms with E-state index in [9.17, 15) is 13.2 Å². The molecule has 2 aromatic rings. The highest BCUT2D eigenvalue weighted by molar-refractivity contribution is 7.87. The van der Waals surface area contributed by atoms with Crippen molar-refractivity contribution in [1.82, 2.24) is 19.7 Å². The summed E-state index contributed by atoms with van der Waals surface area (Å²) in [4.78, 5) is 14.6. The largest absolute Gasteiger partial charge is 0.338 e. The summed E-state index contributed by atoms with van der Waals surface area (Å²) >= 11 is 0. The topological polar surface area (TPSA) is 90.5 Å². The molecule has 3 N–H and O–H groups in total. The number of hydrogen-bond acceptors (Lipinski definition) is 3. The molecule has 2 fully saturated rings. The second kappa shape index (κ2) is 8.37. The molecule has 2 heterocycles. The van der Waals surface area contributed by atoms with Crippen LogP contribution < -0.4 is 14.8 Å². The normalized spacial score (nSPS) is 25.4. The SMILES string of the molecule is CCNC(=O)N1CCC[C@@]2(CNS(=O)(=O)N2)[C@@H]1Cc1cccc(-c2ccccc2)c1. The summed E-state index contributed by atoms with van der Waals surface area (Å²) < 4.78 is 29.8. The Bertz CT molecular complexity index is 1010. The van der Waals surface area contributed by atoms with Crippen LogP contribution in [0.3, 0.4) is 0 Å². The van der Waals surface area contributed by atoms with Gasteiger partial charge in [-0.15, -0.1) is 0 Å². The maximum absolute atomic E-state index is 12.8. The number of piperidine rings is 1. The summed E-state index contributed by atoms with van der Waals surface area (Å²) in [6.45, 7) is 3.31. The van der Waals surface area contributed by atoms with Gasteiger partial charge in [0.1, 0.15) is 0 Å². The van der Waals surface area contributed by atoms with Crippen LogP contribution in [0.5, 0.6) is 0 Å². The van der Waals surface area contributed by atoms with Gasteiger partial charge in [0.2, 0.25) is 0 Å². The second-order valence-electron chi connectivity index (χ2n) is 8.00. The molecule has 0 aliphatic carbocycles. The molecule has 0 bridgehead atoms. The van der Waals surface area contributed by atoms with Gasteiger partial charge in [0.25, 0.3) is 10.2 Å². The number of nitrogens with one attached hydrogen (secondary N) is 3. The fraction of sp³-hybridized carbons (Fsp3) is 0.409. The number of carbonyl (C=O) groups excluding carboxylic acids is 1. The zero-order chi connectivity index (χ0) is 21.2. The lowest BCUT2D eigenvalue weighted by atomic mass is 9.78. The summed E-state index contributed by atoms with van der Waals surface area (Å²) in [5.74, 6) is 0. The van der Waals surface area contributed by atoms with Gasteiger partial charge in [-0.2, -0.15) is 13.1 Å². The minimum Gasteiger partial charge on any atom is -0.338 e. The molecule has 2 aliphatic heterocycles. The first-order chi connectivity index (χ1) is 14.4. The Labute approximate surface area is 178 Å². The van der Waals surface area contributed by atoms with Gasteiger partial charge in [0, 0.05) is 19.6 Å². The van der Waals surface area contributed by atoms with Crippen molar-refractivity contribution in [3.63, 3.8) is 0 Å². The summed E-state index contributed by atoms with van der Waals surface area (Å²) in [5, 5.41) is 2.88. The molecular weight excluding hydrogens is 400 g/mol. The molecule has 30 heavy (non-hydrogen) atoms. The van der Waals surface area contributed by atoms with E-state index < -0.39 is 15.7 Å². The van der Waals surface area contributed by atoms with Crippen LogP contribution in [-0.4, -0.2) is 50.6 Å². The molecule has 2 aliphatic rings. The van der Waals surface area contributed by atoms with Crippen molar-refractivity contribution in [3.8, 4) is 11.1 Å². The van der Waals surface area contributed by atoms with Crippen molar-refractivity contribution >= 4 is 16.2 Å². The molecule has 0 radical (unpaired) electrons. The van der Waals surface area contributed by atoms with Crippen molar-refractivity contribution in [1.29, 1.82) is 0 Å². The van der Waals surface area contributed by atoms with Crippen molar-refractivity contribution < 1.29 is 13.2 Å². The third kappa shape index (κ3) is 4.21. The van der Waals surface area contributed by atoms with Crippen molar-refractivity contribution in [3.05, 3.63) is 60.2 Å². The Balaban J connectivity index is 1.68. The summed E-state index contributed by atoms with van der Waals surface area (Å²) in [6, 6.07) is 18.0. The van der Waals surface area contributed by atoms with E-state index in [4.69, 9.17) is 0 Å². The van der Waals surface area contributed by atoms with E-state index in [0.717, 1.165) is 23.1 Å². The Morgan fingerprint density at radius 1 is 1.17 bits per heavy atom. The summed E-state index contributed by atoms with van der Waals surface area (Å²) in [6.07, 6.45) is 2.02. The van der Waals surface area contributed by atoms with Gasteiger partial charge in [-0.1, -0.05) is 54.6 Å². The van der Waals surface area contributed by atoms with E-state index in [-0.39, 0.29) is 18.6 Å². The van der Waals surface area contributed by atoms with Crippen LogP contribution in [0.25, 0.3) is 11.1 Å². The Hall–Kier alpha value is -2.42. The molecule has 2 atom stereocenters. The Kier molecular flexibility index (Phi) is 5.81. The van der Waals surface area contributed by atoms with E-state index in [1.807, 2.05) is 37.3 Å². The first-order valence-electron chi connectivity index (χ1n) is 10.4. The van der Waals surface area contributed by atoms with Crippen molar-refractivity contribution in [2.45, 2.75) is 37.8 Å². The molecule has 4 rings (SSSR count). The molecule has 0 aromatic heterocycles. The van der Waals surface area contributed by atoms with E-state index in [0.29, 0.717) is 25.9 Å². The molecule has 0 unspecified atom stereocenters. The van der Waals surface area contributed by atoms with Gasteiger partial charge in [-0.05, 0) is 42.9 Å². The number of carbonyl (C=O) groups is 1. The van der Waals surface area contributed by atoms with Crippen molar-refractivity contribution in [2.24, 2.45) is 0 Å². The first kappa shape index (κ1) is 20.8. The lowest BCUT2D eigenvalue weighted by Crippen LogP contribution is -2.66. The summed E-state index contributed by atoms with van der Waals surface area (Å²) in [5.41, 5.74) is 2.60.